The molecule has 3 nitrogen and oxygen atoms in total. The van der Waals surface area contributed by atoms with E-state index in [2.05, 4.69) is 27.5 Å². The number of hydrogen-bond donors (Lipinski definition) is 0. The van der Waals surface area contributed by atoms with Crippen LogP contribution in [-0.4, -0.2) is 12.1 Å². The highest BCUT2D eigenvalue weighted by Crippen LogP contribution is 2.35. The second-order valence-corrected chi connectivity index (χ2v) is 6.75. The number of aromatic nitrogens is 1. The summed E-state index contributed by atoms with van der Waals surface area (Å²) < 4.78 is 12.3. The normalized spacial score (nSPS) is 10.7. The maximum absolute atomic E-state index is 6.39. The van der Waals surface area contributed by atoms with E-state index in [1.165, 1.54) is 0 Å². The number of benzene rings is 2. The highest BCUT2D eigenvalue weighted by atomic mass is 79.9. The zero-order chi connectivity index (χ0) is 17.8. The number of allylic oxidation sites excluding steroid dienone is 1. The fraction of sp³-hybridized carbons (Fsp3) is 0.150. The second kappa shape index (κ2) is 7.89. The SMILES string of the molecule is C=CCc1cc(Cl)c2cccnc2c1OCc1ccc(OC)cc1Br. The minimum atomic E-state index is 0.405. The molecule has 1 heterocycles. The first-order valence-corrected chi connectivity index (χ1v) is 8.93. The largest absolute Gasteiger partial charge is 0.497 e. The summed E-state index contributed by atoms with van der Waals surface area (Å²) in [6.07, 6.45) is 4.23. The van der Waals surface area contributed by atoms with E-state index in [0.717, 1.165) is 38.0 Å². The van der Waals surface area contributed by atoms with Crippen molar-refractivity contribution >= 4 is 38.4 Å². The van der Waals surface area contributed by atoms with Crippen LogP contribution >= 0.6 is 27.5 Å². The number of pyridine rings is 1. The van der Waals surface area contributed by atoms with Crippen LogP contribution in [0.4, 0.5) is 0 Å². The third-order valence-corrected chi connectivity index (χ3v) is 4.92. The summed E-state index contributed by atoms with van der Waals surface area (Å²) in [5.41, 5.74) is 2.75. The van der Waals surface area contributed by atoms with Crippen LogP contribution in [0.5, 0.6) is 11.5 Å². The van der Waals surface area contributed by atoms with Crippen molar-refractivity contribution in [2.24, 2.45) is 0 Å². The van der Waals surface area contributed by atoms with E-state index >= 15 is 0 Å². The van der Waals surface area contributed by atoms with E-state index in [4.69, 9.17) is 21.1 Å². The van der Waals surface area contributed by atoms with Crippen molar-refractivity contribution in [1.29, 1.82) is 0 Å². The third-order valence-electron chi connectivity index (χ3n) is 3.87. The molecule has 0 N–H and O–H groups in total. The second-order valence-electron chi connectivity index (χ2n) is 5.49. The molecule has 0 saturated heterocycles. The average molecular weight is 419 g/mol. The van der Waals surface area contributed by atoms with E-state index in [0.29, 0.717) is 18.1 Å². The van der Waals surface area contributed by atoms with Gasteiger partial charge in [-0.3, -0.25) is 4.98 Å². The van der Waals surface area contributed by atoms with Crippen LogP contribution in [0.1, 0.15) is 11.1 Å². The van der Waals surface area contributed by atoms with Crippen LogP contribution in [0.25, 0.3) is 10.9 Å². The molecule has 5 heteroatoms. The monoisotopic (exact) mass is 417 g/mol. The number of rotatable bonds is 6. The van der Waals surface area contributed by atoms with E-state index < -0.39 is 0 Å². The molecular formula is C20H17BrClNO2. The van der Waals surface area contributed by atoms with E-state index in [1.54, 1.807) is 13.3 Å². The topological polar surface area (TPSA) is 31.4 Å². The molecule has 3 rings (SSSR count). The maximum atomic E-state index is 6.39. The summed E-state index contributed by atoms with van der Waals surface area (Å²) in [5.74, 6) is 1.53. The van der Waals surface area contributed by atoms with Crippen LogP contribution in [0.3, 0.4) is 0 Å². The highest BCUT2D eigenvalue weighted by Gasteiger charge is 2.14. The Hall–Kier alpha value is -2.04. The molecule has 0 aliphatic carbocycles. The van der Waals surface area contributed by atoms with Crippen molar-refractivity contribution in [3.8, 4) is 11.5 Å². The van der Waals surface area contributed by atoms with Crippen molar-refractivity contribution in [3.05, 3.63) is 75.9 Å². The third kappa shape index (κ3) is 3.80. The number of ether oxygens (including phenoxy) is 2. The Labute approximate surface area is 160 Å². The fourth-order valence-electron chi connectivity index (χ4n) is 2.62. The molecule has 2 aromatic carbocycles. The zero-order valence-electron chi connectivity index (χ0n) is 13.8. The summed E-state index contributed by atoms with van der Waals surface area (Å²) in [7, 11) is 1.64. The predicted octanol–water partition coefficient (Wildman–Crippen LogP) is 5.97. The van der Waals surface area contributed by atoms with Gasteiger partial charge in [0.05, 0.1) is 12.1 Å². The number of fused-ring (bicyclic) bond motifs is 1. The minimum absolute atomic E-state index is 0.405. The Kier molecular flexibility index (Phi) is 5.61. The highest BCUT2D eigenvalue weighted by molar-refractivity contribution is 9.10. The molecule has 0 aliphatic rings. The van der Waals surface area contributed by atoms with Gasteiger partial charge in [-0.05, 0) is 36.8 Å². The van der Waals surface area contributed by atoms with Gasteiger partial charge in [0.1, 0.15) is 23.6 Å². The minimum Gasteiger partial charge on any atom is -0.497 e. The molecule has 0 radical (unpaired) electrons. The standard InChI is InChI=1S/C20H17BrClNO2/c1-3-5-13-10-18(22)16-6-4-9-23-19(16)20(13)25-12-14-7-8-15(24-2)11-17(14)21/h3-4,6-11H,1,5,12H2,2H3. The smallest absolute Gasteiger partial charge is 0.149 e. The van der Waals surface area contributed by atoms with Gasteiger partial charge < -0.3 is 9.47 Å². The van der Waals surface area contributed by atoms with Crippen molar-refractivity contribution in [2.75, 3.05) is 7.11 Å². The van der Waals surface area contributed by atoms with Gasteiger partial charge >= 0.3 is 0 Å². The molecular weight excluding hydrogens is 402 g/mol. The van der Waals surface area contributed by atoms with Crippen LogP contribution in [0.15, 0.2) is 59.7 Å². The Morgan fingerprint density at radius 1 is 1.24 bits per heavy atom. The zero-order valence-corrected chi connectivity index (χ0v) is 16.1. The van der Waals surface area contributed by atoms with Gasteiger partial charge in [0.15, 0.2) is 0 Å². The molecule has 25 heavy (non-hydrogen) atoms. The molecule has 3 aromatic rings. The van der Waals surface area contributed by atoms with Gasteiger partial charge in [-0.2, -0.15) is 0 Å². The van der Waals surface area contributed by atoms with Gasteiger partial charge in [0, 0.05) is 27.2 Å². The Bertz CT molecular complexity index is 927. The molecule has 0 saturated carbocycles. The van der Waals surface area contributed by atoms with Crippen molar-refractivity contribution in [1.82, 2.24) is 4.98 Å². The molecule has 0 fully saturated rings. The predicted molar refractivity (Wildman–Crippen MR) is 106 cm³/mol. The summed E-state index contributed by atoms with van der Waals surface area (Å²) in [6.45, 7) is 4.22. The van der Waals surface area contributed by atoms with Crippen LogP contribution < -0.4 is 9.47 Å². The van der Waals surface area contributed by atoms with Crippen molar-refractivity contribution in [2.45, 2.75) is 13.0 Å². The first kappa shape index (κ1) is 17.8. The number of hydrogen-bond acceptors (Lipinski definition) is 3. The van der Waals surface area contributed by atoms with Gasteiger partial charge in [-0.25, -0.2) is 0 Å². The summed E-state index contributed by atoms with van der Waals surface area (Å²) in [5, 5.41) is 1.54. The molecule has 0 atom stereocenters. The lowest BCUT2D eigenvalue weighted by molar-refractivity contribution is 0.305. The molecule has 1 aromatic heterocycles. The molecule has 128 valence electrons. The van der Waals surface area contributed by atoms with Crippen molar-refractivity contribution in [3.63, 3.8) is 0 Å². The number of methoxy groups -OCH3 is 1. The molecule has 0 spiro atoms. The number of halogens is 2. The average Bonchev–Trinajstić information content (AvgIpc) is 2.62. The van der Waals surface area contributed by atoms with Gasteiger partial charge in [-0.15, -0.1) is 6.58 Å². The quantitative estimate of drug-likeness (QED) is 0.462. The Morgan fingerprint density at radius 2 is 2.08 bits per heavy atom. The first-order chi connectivity index (χ1) is 12.1. The summed E-state index contributed by atoms with van der Waals surface area (Å²) >= 11 is 9.95. The lowest BCUT2D eigenvalue weighted by Crippen LogP contribution is -2.01. The van der Waals surface area contributed by atoms with Gasteiger partial charge in [0.2, 0.25) is 0 Å². The van der Waals surface area contributed by atoms with E-state index in [-0.39, 0.29) is 0 Å². The summed E-state index contributed by atoms with van der Waals surface area (Å²) in [6, 6.07) is 11.5. The Morgan fingerprint density at radius 3 is 2.80 bits per heavy atom. The van der Waals surface area contributed by atoms with E-state index in [1.807, 2.05) is 42.5 Å². The van der Waals surface area contributed by atoms with Crippen LogP contribution in [0.2, 0.25) is 5.02 Å². The van der Waals surface area contributed by atoms with Crippen LogP contribution in [0, 0.1) is 0 Å². The Balaban J connectivity index is 1.98. The van der Waals surface area contributed by atoms with E-state index in [9.17, 15) is 0 Å². The molecule has 0 aliphatic heterocycles. The fourth-order valence-corrected chi connectivity index (χ4v) is 3.37. The van der Waals surface area contributed by atoms with Gasteiger partial charge in [-0.1, -0.05) is 39.7 Å². The number of nitrogens with zero attached hydrogens (tertiary/aromatic N) is 1. The maximum Gasteiger partial charge on any atom is 0.149 e. The van der Waals surface area contributed by atoms with Crippen molar-refractivity contribution < 1.29 is 9.47 Å². The molecule has 0 unspecified atom stereocenters. The lowest BCUT2D eigenvalue weighted by Gasteiger charge is -2.15. The first-order valence-electron chi connectivity index (χ1n) is 7.76. The van der Waals surface area contributed by atoms with Gasteiger partial charge in [0.25, 0.3) is 0 Å². The summed E-state index contributed by atoms with van der Waals surface area (Å²) in [4.78, 5) is 4.47. The molecule has 0 amide bonds. The molecule has 0 bridgehead atoms. The lowest BCUT2D eigenvalue weighted by atomic mass is 10.1. The van der Waals surface area contributed by atoms with Crippen LogP contribution in [-0.2, 0) is 13.0 Å².